The van der Waals surface area contributed by atoms with Gasteiger partial charge in [-0.25, -0.2) is 0 Å². The topological polar surface area (TPSA) is 55.1 Å². The van der Waals surface area contributed by atoms with Crippen molar-refractivity contribution in [1.29, 1.82) is 0 Å². The molecule has 3 nitrogen and oxygen atoms in total. The molecular formula is C16H18N2OS. The van der Waals surface area contributed by atoms with Crippen LogP contribution >= 0.6 is 12.2 Å². The second-order valence-electron chi connectivity index (χ2n) is 4.95. The zero-order valence-electron chi connectivity index (χ0n) is 11.4. The van der Waals surface area contributed by atoms with Crippen molar-refractivity contribution in [2.24, 2.45) is 5.73 Å². The van der Waals surface area contributed by atoms with Crippen LogP contribution in [0, 0.1) is 0 Å². The zero-order valence-corrected chi connectivity index (χ0v) is 12.2. The molecule has 0 aliphatic heterocycles. The van der Waals surface area contributed by atoms with Crippen molar-refractivity contribution in [3.05, 3.63) is 48.0 Å². The first-order valence-corrected chi connectivity index (χ1v) is 7.01. The van der Waals surface area contributed by atoms with Gasteiger partial charge in [0.15, 0.2) is 0 Å². The number of benzene rings is 2. The monoisotopic (exact) mass is 286 g/mol. The van der Waals surface area contributed by atoms with Crippen LogP contribution < -0.4 is 11.1 Å². The van der Waals surface area contributed by atoms with Gasteiger partial charge in [-0.2, -0.15) is 0 Å². The van der Waals surface area contributed by atoms with Crippen LogP contribution in [0.2, 0.25) is 0 Å². The first-order chi connectivity index (χ1) is 9.56. The van der Waals surface area contributed by atoms with Crippen LogP contribution in [0.3, 0.4) is 0 Å². The van der Waals surface area contributed by atoms with E-state index in [9.17, 15) is 4.79 Å². The fraction of sp³-hybridized carbons (Fsp3) is 0.250. The molecule has 104 valence electrons. The van der Waals surface area contributed by atoms with Gasteiger partial charge >= 0.3 is 0 Å². The standard InChI is InChI=1S/C16H18N2OS/c1-11(9-15(17)20)18-16(19)10-13-7-4-6-12-5-2-3-8-14(12)13/h2-8,11H,9-10H2,1H3,(H2,17,20)(H,18,19). The Kier molecular flexibility index (Phi) is 4.69. The average molecular weight is 286 g/mol. The molecule has 0 bridgehead atoms. The van der Waals surface area contributed by atoms with E-state index in [1.807, 2.05) is 49.4 Å². The van der Waals surface area contributed by atoms with E-state index < -0.39 is 0 Å². The normalized spacial score (nSPS) is 12.1. The summed E-state index contributed by atoms with van der Waals surface area (Å²) >= 11 is 4.84. The lowest BCUT2D eigenvalue weighted by atomic mass is 10.0. The predicted octanol–water partition coefficient (Wildman–Crippen LogP) is 2.56. The molecule has 0 radical (unpaired) electrons. The van der Waals surface area contributed by atoms with Gasteiger partial charge in [0.1, 0.15) is 0 Å². The maximum Gasteiger partial charge on any atom is 0.224 e. The minimum atomic E-state index is -0.0324. The van der Waals surface area contributed by atoms with Gasteiger partial charge in [0, 0.05) is 12.5 Å². The fourth-order valence-corrected chi connectivity index (χ4v) is 2.55. The number of nitrogens with one attached hydrogen (secondary N) is 1. The van der Waals surface area contributed by atoms with Gasteiger partial charge < -0.3 is 11.1 Å². The minimum Gasteiger partial charge on any atom is -0.393 e. The molecule has 0 heterocycles. The SMILES string of the molecule is CC(CC(N)=S)NC(=O)Cc1cccc2ccccc12. The molecule has 2 rings (SSSR count). The lowest BCUT2D eigenvalue weighted by Crippen LogP contribution is -2.36. The van der Waals surface area contributed by atoms with Crippen molar-refractivity contribution in [3.63, 3.8) is 0 Å². The van der Waals surface area contributed by atoms with Gasteiger partial charge in [0.25, 0.3) is 0 Å². The second-order valence-corrected chi connectivity index (χ2v) is 5.48. The van der Waals surface area contributed by atoms with E-state index in [0.717, 1.165) is 16.3 Å². The number of amides is 1. The molecule has 1 unspecified atom stereocenters. The summed E-state index contributed by atoms with van der Waals surface area (Å²) in [5.74, 6) is -0.00916. The van der Waals surface area contributed by atoms with Gasteiger partial charge in [-0.3, -0.25) is 4.79 Å². The summed E-state index contributed by atoms with van der Waals surface area (Å²) < 4.78 is 0. The first kappa shape index (κ1) is 14.5. The smallest absolute Gasteiger partial charge is 0.224 e. The summed E-state index contributed by atoms with van der Waals surface area (Å²) in [6.45, 7) is 1.90. The summed E-state index contributed by atoms with van der Waals surface area (Å²) in [5, 5.41) is 5.18. The van der Waals surface area contributed by atoms with E-state index in [1.165, 1.54) is 0 Å². The quantitative estimate of drug-likeness (QED) is 0.831. The summed E-state index contributed by atoms with van der Waals surface area (Å²) in [5.41, 5.74) is 6.51. The third kappa shape index (κ3) is 3.78. The molecule has 1 atom stereocenters. The molecule has 0 saturated heterocycles. The summed E-state index contributed by atoms with van der Waals surface area (Å²) in [4.78, 5) is 12.5. The summed E-state index contributed by atoms with van der Waals surface area (Å²) in [6.07, 6.45) is 0.889. The highest BCUT2D eigenvalue weighted by Gasteiger charge is 2.10. The van der Waals surface area contributed by atoms with Gasteiger partial charge in [0.05, 0.1) is 11.4 Å². The number of fused-ring (bicyclic) bond motifs is 1. The minimum absolute atomic E-state index is 0.00916. The molecule has 0 aliphatic carbocycles. The zero-order chi connectivity index (χ0) is 14.5. The molecule has 2 aromatic rings. The van der Waals surface area contributed by atoms with Crippen LogP contribution in [0.1, 0.15) is 18.9 Å². The molecule has 0 aliphatic rings. The number of carbonyl (C=O) groups is 1. The van der Waals surface area contributed by atoms with E-state index in [4.69, 9.17) is 18.0 Å². The van der Waals surface area contributed by atoms with E-state index in [-0.39, 0.29) is 11.9 Å². The van der Waals surface area contributed by atoms with Gasteiger partial charge in [-0.05, 0) is 23.3 Å². The Hall–Kier alpha value is -1.94. The van der Waals surface area contributed by atoms with Crippen molar-refractivity contribution >= 4 is 33.9 Å². The van der Waals surface area contributed by atoms with Gasteiger partial charge in [0.2, 0.25) is 5.91 Å². The fourth-order valence-electron chi connectivity index (χ4n) is 2.30. The van der Waals surface area contributed by atoms with Crippen molar-refractivity contribution in [2.45, 2.75) is 25.8 Å². The summed E-state index contributed by atoms with van der Waals surface area (Å²) in [6, 6.07) is 14.0. The number of hydrogen-bond acceptors (Lipinski definition) is 2. The summed E-state index contributed by atoms with van der Waals surface area (Å²) in [7, 11) is 0. The maximum atomic E-state index is 12.1. The Bertz CT molecular complexity index is 634. The first-order valence-electron chi connectivity index (χ1n) is 6.60. The number of nitrogens with two attached hydrogens (primary N) is 1. The molecule has 0 spiro atoms. The van der Waals surface area contributed by atoms with Crippen LogP contribution in [0.25, 0.3) is 10.8 Å². The van der Waals surface area contributed by atoms with Crippen LogP contribution in [-0.2, 0) is 11.2 Å². The molecule has 0 fully saturated rings. The second kappa shape index (κ2) is 6.48. The predicted molar refractivity (Wildman–Crippen MR) is 86.7 cm³/mol. The lowest BCUT2D eigenvalue weighted by Gasteiger charge is -2.13. The highest BCUT2D eigenvalue weighted by Crippen LogP contribution is 2.18. The number of hydrogen-bond donors (Lipinski definition) is 2. The Morgan fingerprint density at radius 1 is 1.25 bits per heavy atom. The molecular weight excluding hydrogens is 268 g/mol. The van der Waals surface area contributed by atoms with Crippen LogP contribution in [0.15, 0.2) is 42.5 Å². The number of rotatable bonds is 5. The third-order valence-electron chi connectivity index (χ3n) is 3.15. The van der Waals surface area contributed by atoms with Crippen molar-refractivity contribution in [2.75, 3.05) is 0 Å². The average Bonchev–Trinajstić information content (AvgIpc) is 2.38. The lowest BCUT2D eigenvalue weighted by molar-refractivity contribution is -0.120. The van der Waals surface area contributed by atoms with Gasteiger partial charge in [-0.1, -0.05) is 54.7 Å². The van der Waals surface area contributed by atoms with Gasteiger partial charge in [-0.15, -0.1) is 0 Å². The van der Waals surface area contributed by atoms with Crippen LogP contribution in [-0.4, -0.2) is 16.9 Å². The maximum absolute atomic E-state index is 12.1. The number of carbonyl (C=O) groups excluding carboxylic acids is 1. The molecule has 2 aromatic carbocycles. The third-order valence-corrected chi connectivity index (χ3v) is 3.31. The van der Waals surface area contributed by atoms with E-state index in [2.05, 4.69) is 5.32 Å². The van der Waals surface area contributed by atoms with E-state index in [0.29, 0.717) is 17.8 Å². The van der Waals surface area contributed by atoms with Crippen LogP contribution in [0.4, 0.5) is 0 Å². The molecule has 4 heteroatoms. The van der Waals surface area contributed by atoms with Crippen molar-refractivity contribution < 1.29 is 4.79 Å². The molecule has 0 saturated carbocycles. The Morgan fingerprint density at radius 2 is 1.95 bits per heavy atom. The van der Waals surface area contributed by atoms with Crippen molar-refractivity contribution in [3.8, 4) is 0 Å². The highest BCUT2D eigenvalue weighted by atomic mass is 32.1. The van der Waals surface area contributed by atoms with Crippen LogP contribution in [0.5, 0.6) is 0 Å². The molecule has 0 aromatic heterocycles. The number of thiocarbonyl (C=S) groups is 1. The van der Waals surface area contributed by atoms with Crippen molar-refractivity contribution in [1.82, 2.24) is 5.32 Å². The van der Waals surface area contributed by atoms with E-state index in [1.54, 1.807) is 0 Å². The molecule has 1 amide bonds. The largest absolute Gasteiger partial charge is 0.393 e. The molecule has 20 heavy (non-hydrogen) atoms. The highest BCUT2D eigenvalue weighted by molar-refractivity contribution is 7.80. The Labute approximate surface area is 124 Å². The Balaban J connectivity index is 2.08. The molecule has 3 N–H and O–H groups in total. The van der Waals surface area contributed by atoms with E-state index >= 15 is 0 Å². The Morgan fingerprint density at radius 3 is 2.70 bits per heavy atom.